The van der Waals surface area contributed by atoms with Gasteiger partial charge in [-0.3, -0.25) is 0 Å². The Bertz CT molecular complexity index is 66.6. The Labute approximate surface area is 64.3 Å². The molecule has 0 bridgehead atoms. The van der Waals surface area contributed by atoms with Gasteiger partial charge in [0, 0.05) is 0 Å². The molecule has 0 atom stereocenters. The third-order valence-electron chi connectivity index (χ3n) is 0.345. The van der Waals surface area contributed by atoms with Crippen LogP contribution in [0.5, 0.6) is 0 Å². The van der Waals surface area contributed by atoms with Crippen molar-refractivity contribution in [1.82, 2.24) is 0 Å². The van der Waals surface area contributed by atoms with Gasteiger partial charge in [-0.2, -0.15) is 0 Å². The zero-order chi connectivity index (χ0) is 5.91. The normalized spacial score (nSPS) is 11.3. The minimum absolute atomic E-state index is 0.361. The van der Waals surface area contributed by atoms with Crippen molar-refractivity contribution in [2.45, 2.75) is 25.5 Å². The van der Waals surface area contributed by atoms with E-state index >= 15 is 0 Å². The first-order valence-electron chi connectivity index (χ1n) is 2.10. The molecule has 0 heterocycles. The molecule has 42 valence electrons. The van der Waals surface area contributed by atoms with Crippen LogP contribution in [0.3, 0.4) is 0 Å². The van der Waals surface area contributed by atoms with E-state index in [2.05, 4.69) is 40.6 Å². The van der Waals surface area contributed by atoms with Gasteiger partial charge in [-0.1, -0.05) is 0 Å². The van der Waals surface area contributed by atoms with Crippen molar-refractivity contribution in [1.29, 1.82) is 0 Å². The third-order valence-corrected chi connectivity index (χ3v) is 12.2. The van der Waals surface area contributed by atoms with Gasteiger partial charge in [-0.25, -0.2) is 0 Å². The molecule has 0 unspecified atom stereocenters. The fourth-order valence-electron chi connectivity index (χ4n) is 0.116. The fourth-order valence-corrected chi connectivity index (χ4v) is 12.6. The summed E-state index contributed by atoms with van der Waals surface area (Å²) in [5.41, 5.74) is 0. The van der Waals surface area contributed by atoms with Crippen LogP contribution in [-0.4, -0.2) is 24.4 Å². The van der Waals surface area contributed by atoms with E-state index in [1.165, 1.54) is 0 Å². The molecule has 3 heteroatoms. The molecule has 0 aromatic rings. The van der Waals surface area contributed by atoms with Crippen LogP contribution in [0.1, 0.15) is 20.8 Å². The van der Waals surface area contributed by atoms with Crippen LogP contribution in [0.2, 0.25) is 0 Å². The summed E-state index contributed by atoms with van der Waals surface area (Å²) in [6.07, 6.45) is 0. The molecule has 0 N–H and O–H groups in total. The predicted octanol–water partition coefficient (Wildman–Crippen LogP) is 1.60. The number of hydrogen-bond donors (Lipinski definition) is 0. The quantitative estimate of drug-likeness (QED) is 0.647. The SMILES string of the molecule is CC(C)(C)[S][Pb]=[Mn]. The Morgan fingerprint density at radius 2 is 1.86 bits per heavy atom. The molecule has 0 saturated carbocycles. The summed E-state index contributed by atoms with van der Waals surface area (Å²) in [5.74, 6) is 0. The van der Waals surface area contributed by atoms with Crippen molar-refractivity contribution in [2.75, 3.05) is 0 Å². The van der Waals surface area contributed by atoms with Gasteiger partial charge in [0.2, 0.25) is 0 Å². The van der Waals surface area contributed by atoms with Crippen molar-refractivity contribution in [3.05, 3.63) is 0 Å². The second-order valence-corrected chi connectivity index (χ2v) is 14.4. The third kappa shape index (κ3) is 7.79. The van der Waals surface area contributed by atoms with Gasteiger partial charge in [0.05, 0.1) is 0 Å². The van der Waals surface area contributed by atoms with Gasteiger partial charge >= 0.3 is 65.0 Å². The van der Waals surface area contributed by atoms with E-state index in [4.69, 9.17) is 0 Å². The second-order valence-electron chi connectivity index (χ2n) is 2.29. The summed E-state index contributed by atoms with van der Waals surface area (Å²) in [6, 6.07) is 0. The van der Waals surface area contributed by atoms with Crippen LogP contribution >= 0.6 is 8.31 Å². The van der Waals surface area contributed by atoms with E-state index in [0.717, 1.165) is 0 Å². The zero-order valence-electron chi connectivity index (χ0n) is 4.79. The predicted molar refractivity (Wildman–Crippen MR) is 33.1 cm³/mol. The van der Waals surface area contributed by atoms with Crippen LogP contribution in [0.25, 0.3) is 0 Å². The van der Waals surface area contributed by atoms with Crippen LogP contribution in [0.15, 0.2) is 0 Å². The molecule has 0 spiro atoms. The maximum absolute atomic E-state index is 3.54. The van der Waals surface area contributed by atoms with Crippen LogP contribution in [0.4, 0.5) is 0 Å². The van der Waals surface area contributed by atoms with Crippen molar-refractivity contribution >= 4 is 28.0 Å². The van der Waals surface area contributed by atoms with Gasteiger partial charge in [0.25, 0.3) is 0 Å². The van der Waals surface area contributed by atoms with E-state index < -0.39 is 0 Å². The van der Waals surface area contributed by atoms with Crippen LogP contribution in [-0.2, 0) is 11.5 Å². The summed E-state index contributed by atoms with van der Waals surface area (Å²) in [4.78, 5) is 0. The minimum atomic E-state index is -0.361. The Kier molecular flexibility index (Phi) is 4.71. The summed E-state index contributed by atoms with van der Waals surface area (Å²) in [6.45, 7) is 6.77. The molecule has 0 aromatic carbocycles. The summed E-state index contributed by atoms with van der Waals surface area (Å²) in [7, 11) is 2.10. The molecule has 0 aliphatic carbocycles. The average Bonchev–Trinajstić information content (AvgIpc) is 1.30. The van der Waals surface area contributed by atoms with Crippen molar-refractivity contribution in [3.63, 3.8) is 0 Å². The van der Waals surface area contributed by atoms with Crippen molar-refractivity contribution in [3.8, 4) is 0 Å². The molecule has 0 aliphatic rings. The van der Waals surface area contributed by atoms with Gasteiger partial charge < -0.3 is 0 Å². The first kappa shape index (κ1) is 8.79. The monoisotopic (exact) mass is 352 g/mol. The van der Waals surface area contributed by atoms with Crippen molar-refractivity contribution in [2.24, 2.45) is 0 Å². The molecular formula is C4H9MnPbS. The molecule has 0 fully saturated rings. The fraction of sp³-hybridized carbons (Fsp3) is 1.00. The molecule has 0 nitrogen and oxygen atoms in total. The van der Waals surface area contributed by atoms with Crippen LogP contribution in [0, 0.1) is 0 Å². The average molecular weight is 351 g/mol. The van der Waals surface area contributed by atoms with Gasteiger partial charge in [-0.15, -0.1) is 0 Å². The van der Waals surface area contributed by atoms with E-state index in [1.54, 1.807) is 0 Å². The number of hydrogen-bond acceptors (Lipinski definition) is 1. The Morgan fingerprint density at radius 3 is 1.86 bits per heavy atom. The topological polar surface area (TPSA) is 0 Å². The maximum atomic E-state index is 3.54. The van der Waals surface area contributed by atoms with E-state index in [-0.39, 0.29) is 19.7 Å². The first-order chi connectivity index (χ1) is 3.06. The second kappa shape index (κ2) is 3.75. The summed E-state index contributed by atoms with van der Waals surface area (Å²) < 4.78 is 0.507. The molecular weight excluding hydrogens is 342 g/mol. The van der Waals surface area contributed by atoms with Gasteiger partial charge in [-0.05, 0) is 0 Å². The summed E-state index contributed by atoms with van der Waals surface area (Å²) >= 11 is 3.18. The standard InChI is InChI=1S/C4H10S.Mn.Pb/c1-4(2,3)5;;/h5H,1-3H3;;/q;;+1/p-1. The molecule has 0 aromatic heterocycles. The Morgan fingerprint density at radius 1 is 1.43 bits per heavy atom. The summed E-state index contributed by atoms with van der Waals surface area (Å²) in [5, 5.41) is 0. The van der Waals surface area contributed by atoms with Gasteiger partial charge in [0.15, 0.2) is 0 Å². The zero-order valence-corrected chi connectivity index (χ0v) is 10.7. The molecule has 7 heavy (non-hydrogen) atoms. The molecule has 0 aliphatic heterocycles. The van der Waals surface area contributed by atoms with Crippen molar-refractivity contribution < 1.29 is 11.5 Å². The van der Waals surface area contributed by atoms with Gasteiger partial charge in [0.1, 0.15) is 0 Å². The van der Waals surface area contributed by atoms with E-state index in [9.17, 15) is 0 Å². The van der Waals surface area contributed by atoms with E-state index in [0.29, 0.717) is 4.75 Å². The molecule has 0 saturated heterocycles. The number of rotatable bonds is 1. The molecule has 0 amide bonds. The Balaban J connectivity index is 3.34. The molecule has 1 radical (unpaired) electrons. The van der Waals surface area contributed by atoms with E-state index in [1.807, 2.05) is 0 Å². The Hall–Kier alpha value is 1.79. The first-order valence-corrected chi connectivity index (χ1v) is 14.3. The van der Waals surface area contributed by atoms with Crippen LogP contribution < -0.4 is 0 Å². The molecule has 0 rings (SSSR count).